The maximum atomic E-state index is 14.1. The number of benzene rings is 4. The minimum atomic E-state index is -3.90. The highest BCUT2D eigenvalue weighted by Gasteiger charge is 2.33. The smallest absolute Gasteiger partial charge is 0.244 e. The van der Waals surface area contributed by atoms with Gasteiger partial charge in [-0.3, -0.25) is 13.9 Å². The Balaban J connectivity index is 1.80. The van der Waals surface area contributed by atoms with Crippen molar-refractivity contribution < 1.29 is 18.0 Å². The predicted octanol–water partition coefficient (Wildman–Crippen LogP) is 5.30. The summed E-state index contributed by atoms with van der Waals surface area (Å²) in [7, 11) is -2.41. The van der Waals surface area contributed by atoms with Crippen molar-refractivity contribution in [1.82, 2.24) is 10.2 Å². The maximum absolute atomic E-state index is 14.1. The summed E-state index contributed by atoms with van der Waals surface area (Å²) < 4.78 is 27.2. The Hall–Kier alpha value is -3.59. The van der Waals surface area contributed by atoms with E-state index < -0.39 is 34.4 Å². The van der Waals surface area contributed by atoms with Gasteiger partial charge in [0.05, 0.1) is 11.9 Å². The van der Waals surface area contributed by atoms with Crippen molar-refractivity contribution in [2.24, 2.45) is 0 Å². The fourth-order valence-electron chi connectivity index (χ4n) is 4.59. The Labute approximate surface area is 244 Å². The van der Waals surface area contributed by atoms with Crippen molar-refractivity contribution in [2.75, 3.05) is 24.2 Å². The highest BCUT2D eigenvalue weighted by atomic mass is 35.5. The van der Waals surface area contributed by atoms with Gasteiger partial charge in [-0.1, -0.05) is 96.0 Å². The fraction of sp³-hybridized carbons (Fsp3) is 0.200. The van der Waals surface area contributed by atoms with Crippen LogP contribution in [-0.4, -0.2) is 51.0 Å². The van der Waals surface area contributed by atoms with E-state index in [0.29, 0.717) is 26.7 Å². The van der Waals surface area contributed by atoms with Gasteiger partial charge in [0.25, 0.3) is 0 Å². The van der Waals surface area contributed by atoms with Crippen LogP contribution in [0.3, 0.4) is 0 Å². The van der Waals surface area contributed by atoms with E-state index in [1.807, 2.05) is 48.5 Å². The minimum absolute atomic E-state index is 0.102. The molecule has 0 aromatic heterocycles. The van der Waals surface area contributed by atoms with Crippen molar-refractivity contribution >= 4 is 61.5 Å². The van der Waals surface area contributed by atoms with E-state index in [4.69, 9.17) is 23.2 Å². The van der Waals surface area contributed by atoms with Crippen molar-refractivity contribution in [2.45, 2.75) is 19.0 Å². The van der Waals surface area contributed by atoms with E-state index in [0.717, 1.165) is 21.5 Å². The Morgan fingerprint density at radius 3 is 2.10 bits per heavy atom. The molecule has 4 aromatic carbocycles. The molecule has 0 aliphatic heterocycles. The number of nitrogens with one attached hydrogen (secondary N) is 1. The van der Waals surface area contributed by atoms with E-state index in [1.165, 1.54) is 11.9 Å². The lowest BCUT2D eigenvalue weighted by Crippen LogP contribution is -2.53. The molecule has 0 heterocycles. The Bertz CT molecular complexity index is 1610. The molecule has 1 unspecified atom stereocenters. The minimum Gasteiger partial charge on any atom is -0.357 e. The summed E-state index contributed by atoms with van der Waals surface area (Å²) in [4.78, 5) is 28.7. The quantitative estimate of drug-likeness (QED) is 0.269. The first-order chi connectivity index (χ1) is 19.1. The van der Waals surface area contributed by atoms with Gasteiger partial charge in [-0.05, 0) is 29.1 Å². The van der Waals surface area contributed by atoms with Crippen LogP contribution in [0.15, 0.2) is 91.0 Å². The number of carbonyl (C=O) groups is 2. The molecular weight excluding hydrogens is 569 g/mol. The molecule has 0 aliphatic carbocycles. The molecule has 0 fully saturated rings. The average molecular weight is 599 g/mol. The highest BCUT2D eigenvalue weighted by Crippen LogP contribution is 2.30. The summed E-state index contributed by atoms with van der Waals surface area (Å²) in [6.07, 6.45) is 1.25. The van der Waals surface area contributed by atoms with Gasteiger partial charge < -0.3 is 10.2 Å². The first kappa shape index (κ1) is 29.4. The van der Waals surface area contributed by atoms with Crippen LogP contribution in [0.2, 0.25) is 10.0 Å². The van der Waals surface area contributed by atoms with Crippen LogP contribution >= 0.6 is 23.2 Å². The second kappa shape index (κ2) is 12.7. The number of rotatable bonds is 10. The largest absolute Gasteiger partial charge is 0.357 e. The number of fused-ring (bicyclic) bond motifs is 1. The summed E-state index contributed by atoms with van der Waals surface area (Å²) in [6.45, 7) is -0.632. The zero-order valence-corrected chi connectivity index (χ0v) is 24.4. The molecule has 10 heteroatoms. The number of halogens is 2. The number of hydrogen-bond donors (Lipinski definition) is 1. The number of hydrogen-bond acceptors (Lipinski definition) is 4. The Morgan fingerprint density at radius 1 is 0.850 bits per heavy atom. The topological polar surface area (TPSA) is 86.8 Å². The normalized spacial score (nSPS) is 12.1. The highest BCUT2D eigenvalue weighted by molar-refractivity contribution is 7.92. The van der Waals surface area contributed by atoms with Crippen LogP contribution in [0.4, 0.5) is 5.69 Å². The van der Waals surface area contributed by atoms with Crippen LogP contribution in [0.5, 0.6) is 0 Å². The second-order valence-electron chi connectivity index (χ2n) is 9.31. The molecule has 0 bridgehead atoms. The Morgan fingerprint density at radius 2 is 1.45 bits per heavy atom. The number of nitrogens with zero attached hydrogens (tertiary/aromatic N) is 2. The third kappa shape index (κ3) is 6.75. The molecule has 1 N–H and O–H groups in total. The molecule has 0 saturated heterocycles. The average Bonchev–Trinajstić information content (AvgIpc) is 2.94. The van der Waals surface area contributed by atoms with Gasteiger partial charge in [0.1, 0.15) is 12.6 Å². The first-order valence-electron chi connectivity index (χ1n) is 12.5. The molecule has 0 aliphatic rings. The van der Waals surface area contributed by atoms with Crippen LogP contribution in [0.25, 0.3) is 10.8 Å². The third-order valence-corrected chi connectivity index (χ3v) is 8.46. The molecule has 208 valence electrons. The molecule has 0 saturated carbocycles. The van der Waals surface area contributed by atoms with Crippen molar-refractivity contribution in [1.29, 1.82) is 0 Å². The summed E-state index contributed by atoms with van der Waals surface area (Å²) in [5.74, 6) is -0.990. The lowest BCUT2D eigenvalue weighted by Gasteiger charge is -2.33. The van der Waals surface area contributed by atoms with Crippen LogP contribution in [0, 0.1) is 0 Å². The molecule has 0 radical (unpaired) electrons. The molecule has 7 nitrogen and oxygen atoms in total. The standard InChI is InChI=1S/C30H29Cl2N3O4S/c1-33-30(37)28(18-21-10-4-3-5-11-21)34(19-24-25(31)15-9-16-26(24)32)29(36)20-35(40(2,38)39)27-17-8-13-22-12-6-7-14-23(22)27/h3-17,28H,18-20H2,1-2H3,(H,33,37). The summed E-state index contributed by atoms with van der Waals surface area (Å²) in [5, 5.41) is 4.81. The van der Waals surface area contributed by atoms with Crippen LogP contribution in [0.1, 0.15) is 11.1 Å². The molecule has 40 heavy (non-hydrogen) atoms. The van der Waals surface area contributed by atoms with E-state index in [9.17, 15) is 18.0 Å². The lowest BCUT2D eigenvalue weighted by atomic mass is 10.0. The monoisotopic (exact) mass is 597 g/mol. The lowest BCUT2D eigenvalue weighted by molar-refractivity contribution is -0.139. The van der Waals surface area contributed by atoms with Crippen molar-refractivity contribution in [3.63, 3.8) is 0 Å². The van der Waals surface area contributed by atoms with Gasteiger partial charge >= 0.3 is 0 Å². The van der Waals surface area contributed by atoms with E-state index in [-0.39, 0.29) is 13.0 Å². The predicted molar refractivity (Wildman–Crippen MR) is 161 cm³/mol. The molecule has 2 amide bonds. The Kier molecular flexibility index (Phi) is 9.35. The van der Waals surface area contributed by atoms with Crippen LogP contribution < -0.4 is 9.62 Å². The number of likely N-dealkylation sites (N-methyl/N-ethyl adjacent to an activating group) is 1. The fourth-order valence-corrected chi connectivity index (χ4v) is 5.97. The van der Waals surface area contributed by atoms with Crippen molar-refractivity contribution in [3.05, 3.63) is 112 Å². The summed E-state index contributed by atoms with van der Waals surface area (Å²) in [5.41, 5.74) is 1.65. The molecular formula is C30H29Cl2N3O4S. The van der Waals surface area contributed by atoms with Gasteiger partial charge in [0, 0.05) is 41.0 Å². The number of amides is 2. The van der Waals surface area contributed by atoms with Crippen molar-refractivity contribution in [3.8, 4) is 0 Å². The van der Waals surface area contributed by atoms with Gasteiger partial charge in [-0.25, -0.2) is 8.42 Å². The molecule has 4 aromatic rings. The van der Waals surface area contributed by atoms with E-state index >= 15 is 0 Å². The third-order valence-electron chi connectivity index (χ3n) is 6.62. The number of anilines is 1. The SMILES string of the molecule is CNC(=O)C(Cc1ccccc1)N(Cc1c(Cl)cccc1Cl)C(=O)CN(c1cccc2ccccc12)S(C)(=O)=O. The maximum Gasteiger partial charge on any atom is 0.244 e. The molecule has 0 spiro atoms. The zero-order valence-electron chi connectivity index (χ0n) is 22.1. The van der Waals surface area contributed by atoms with Crippen LogP contribution in [-0.2, 0) is 32.6 Å². The van der Waals surface area contributed by atoms with Gasteiger partial charge in [-0.2, -0.15) is 0 Å². The van der Waals surface area contributed by atoms with Gasteiger partial charge in [-0.15, -0.1) is 0 Å². The van der Waals surface area contributed by atoms with E-state index in [2.05, 4.69) is 5.32 Å². The van der Waals surface area contributed by atoms with E-state index in [1.54, 1.807) is 42.5 Å². The second-order valence-corrected chi connectivity index (χ2v) is 12.0. The number of carbonyl (C=O) groups excluding carboxylic acids is 2. The molecule has 1 atom stereocenters. The zero-order chi connectivity index (χ0) is 28.9. The summed E-state index contributed by atoms with van der Waals surface area (Å²) in [6, 6.07) is 25.9. The van der Waals surface area contributed by atoms with Gasteiger partial charge in [0.15, 0.2) is 0 Å². The molecule has 4 rings (SSSR count). The van der Waals surface area contributed by atoms with Gasteiger partial charge in [0.2, 0.25) is 21.8 Å². The number of sulfonamides is 1. The summed E-state index contributed by atoms with van der Waals surface area (Å²) >= 11 is 12.9. The first-order valence-corrected chi connectivity index (χ1v) is 15.1.